The maximum atomic E-state index is 9.77. The van der Waals surface area contributed by atoms with Crippen molar-refractivity contribution in [3.05, 3.63) is 57.1 Å². The summed E-state index contributed by atoms with van der Waals surface area (Å²) in [6.45, 7) is 6.69. The van der Waals surface area contributed by atoms with Crippen LogP contribution in [0.15, 0.2) is 34.8 Å². The number of halogens is 1. The van der Waals surface area contributed by atoms with Crippen molar-refractivity contribution >= 4 is 21.6 Å². The summed E-state index contributed by atoms with van der Waals surface area (Å²) in [5, 5.41) is 13.2. The lowest BCUT2D eigenvalue weighted by Crippen LogP contribution is -2.02. The normalized spacial score (nSPS) is 10.5. The van der Waals surface area contributed by atoms with Gasteiger partial charge in [0.15, 0.2) is 0 Å². The molecule has 2 aromatic carbocycles. The summed E-state index contributed by atoms with van der Waals surface area (Å²) in [6, 6.07) is 10.2. The predicted octanol–water partition coefficient (Wildman–Crippen LogP) is 4.69. The van der Waals surface area contributed by atoms with Gasteiger partial charge in [0, 0.05) is 16.7 Å². The standard InChI is InChI=1S/C16H18BrNO/c1-10-4-5-14(17)8-15(10)18-9-13-6-11(2)16(19)12(3)7-13/h4-8,18-19H,9H2,1-3H3. The minimum absolute atomic E-state index is 0.391. The molecule has 0 atom stereocenters. The van der Waals surface area contributed by atoms with Crippen molar-refractivity contribution in [3.8, 4) is 5.75 Å². The minimum Gasteiger partial charge on any atom is -0.507 e. The van der Waals surface area contributed by atoms with Gasteiger partial charge in [0.05, 0.1) is 0 Å². The summed E-state index contributed by atoms with van der Waals surface area (Å²) >= 11 is 3.48. The number of phenolic OH excluding ortho intramolecular Hbond substituents is 1. The first-order valence-corrected chi connectivity index (χ1v) is 7.06. The summed E-state index contributed by atoms with van der Waals surface area (Å²) in [6.07, 6.45) is 0. The van der Waals surface area contributed by atoms with Gasteiger partial charge in [-0.2, -0.15) is 0 Å². The van der Waals surface area contributed by atoms with E-state index in [1.165, 1.54) is 11.1 Å². The molecule has 0 fully saturated rings. The molecule has 0 radical (unpaired) electrons. The fourth-order valence-corrected chi connectivity index (χ4v) is 2.49. The first-order chi connectivity index (χ1) is 8.97. The van der Waals surface area contributed by atoms with Gasteiger partial charge < -0.3 is 10.4 Å². The predicted molar refractivity (Wildman–Crippen MR) is 83.8 cm³/mol. The van der Waals surface area contributed by atoms with Crippen LogP contribution in [0, 0.1) is 20.8 Å². The zero-order chi connectivity index (χ0) is 14.0. The monoisotopic (exact) mass is 319 g/mol. The third kappa shape index (κ3) is 3.29. The Labute approximate surface area is 122 Å². The maximum absolute atomic E-state index is 9.77. The van der Waals surface area contributed by atoms with Gasteiger partial charge in [0.25, 0.3) is 0 Å². The van der Waals surface area contributed by atoms with E-state index in [1.807, 2.05) is 32.0 Å². The molecule has 0 saturated heterocycles. The van der Waals surface area contributed by atoms with Gasteiger partial charge in [0.2, 0.25) is 0 Å². The smallest absolute Gasteiger partial charge is 0.121 e. The highest BCUT2D eigenvalue weighted by atomic mass is 79.9. The molecule has 0 aromatic heterocycles. The summed E-state index contributed by atoms with van der Waals surface area (Å²) in [7, 11) is 0. The van der Waals surface area contributed by atoms with Gasteiger partial charge in [-0.3, -0.25) is 0 Å². The number of benzene rings is 2. The number of rotatable bonds is 3. The molecule has 0 spiro atoms. The summed E-state index contributed by atoms with van der Waals surface area (Å²) in [5.74, 6) is 0.391. The Bertz CT molecular complexity index is 585. The second-order valence-electron chi connectivity index (χ2n) is 4.89. The van der Waals surface area contributed by atoms with Crippen molar-refractivity contribution in [2.45, 2.75) is 27.3 Å². The average molecular weight is 320 g/mol. The lowest BCUT2D eigenvalue weighted by molar-refractivity contribution is 0.466. The molecule has 2 rings (SSSR count). The second-order valence-corrected chi connectivity index (χ2v) is 5.81. The van der Waals surface area contributed by atoms with E-state index in [0.29, 0.717) is 5.75 Å². The molecule has 0 amide bonds. The molecule has 2 aromatic rings. The topological polar surface area (TPSA) is 32.3 Å². The van der Waals surface area contributed by atoms with Crippen LogP contribution in [0.1, 0.15) is 22.3 Å². The fraction of sp³-hybridized carbons (Fsp3) is 0.250. The van der Waals surface area contributed by atoms with Crippen LogP contribution in [-0.2, 0) is 6.54 Å². The molecular formula is C16H18BrNO. The van der Waals surface area contributed by atoms with Crippen LogP contribution in [0.2, 0.25) is 0 Å². The maximum Gasteiger partial charge on any atom is 0.121 e. The van der Waals surface area contributed by atoms with Gasteiger partial charge in [-0.25, -0.2) is 0 Å². The number of aromatic hydroxyl groups is 1. The zero-order valence-corrected chi connectivity index (χ0v) is 13.0. The molecule has 0 aliphatic heterocycles. The Kier molecular flexibility index (Phi) is 4.15. The Morgan fingerprint density at radius 3 is 2.26 bits per heavy atom. The van der Waals surface area contributed by atoms with E-state index in [1.54, 1.807) is 0 Å². The van der Waals surface area contributed by atoms with E-state index in [2.05, 4.69) is 40.3 Å². The van der Waals surface area contributed by atoms with Gasteiger partial charge in [0.1, 0.15) is 5.75 Å². The number of anilines is 1. The van der Waals surface area contributed by atoms with Crippen molar-refractivity contribution in [1.29, 1.82) is 0 Å². The first-order valence-electron chi connectivity index (χ1n) is 6.26. The highest BCUT2D eigenvalue weighted by molar-refractivity contribution is 9.10. The molecule has 0 aliphatic rings. The summed E-state index contributed by atoms with van der Waals surface area (Å²) in [5.41, 5.74) is 5.35. The molecule has 2 N–H and O–H groups in total. The number of phenols is 1. The van der Waals surface area contributed by atoms with Crippen molar-refractivity contribution < 1.29 is 5.11 Å². The number of nitrogens with one attached hydrogen (secondary N) is 1. The summed E-state index contributed by atoms with van der Waals surface area (Å²) in [4.78, 5) is 0. The minimum atomic E-state index is 0.391. The van der Waals surface area contributed by atoms with E-state index in [4.69, 9.17) is 0 Å². The van der Waals surface area contributed by atoms with Crippen LogP contribution in [0.3, 0.4) is 0 Å². The SMILES string of the molecule is Cc1ccc(Br)cc1NCc1cc(C)c(O)c(C)c1. The largest absolute Gasteiger partial charge is 0.507 e. The highest BCUT2D eigenvalue weighted by Crippen LogP contribution is 2.25. The van der Waals surface area contributed by atoms with Gasteiger partial charge in [-0.05, 0) is 55.2 Å². The average Bonchev–Trinajstić information content (AvgIpc) is 2.37. The summed E-state index contributed by atoms with van der Waals surface area (Å²) < 4.78 is 1.07. The number of hydrogen-bond donors (Lipinski definition) is 2. The van der Waals surface area contributed by atoms with Gasteiger partial charge in [-0.15, -0.1) is 0 Å². The molecule has 3 heteroatoms. The highest BCUT2D eigenvalue weighted by Gasteiger charge is 2.04. The Balaban J connectivity index is 2.17. The Hall–Kier alpha value is -1.48. The van der Waals surface area contributed by atoms with Gasteiger partial charge >= 0.3 is 0 Å². The second kappa shape index (κ2) is 5.66. The van der Waals surface area contributed by atoms with Crippen LogP contribution in [0.25, 0.3) is 0 Å². The van der Waals surface area contributed by atoms with Crippen LogP contribution in [-0.4, -0.2) is 5.11 Å². The third-order valence-corrected chi connectivity index (χ3v) is 3.73. The van der Waals surface area contributed by atoms with E-state index >= 15 is 0 Å². The molecule has 0 heterocycles. The van der Waals surface area contributed by atoms with E-state index in [-0.39, 0.29) is 0 Å². The number of hydrogen-bond acceptors (Lipinski definition) is 2. The third-order valence-electron chi connectivity index (χ3n) is 3.23. The molecule has 0 unspecified atom stereocenters. The van der Waals surface area contributed by atoms with Crippen molar-refractivity contribution in [2.75, 3.05) is 5.32 Å². The molecule has 0 saturated carbocycles. The van der Waals surface area contributed by atoms with Crippen LogP contribution < -0.4 is 5.32 Å². The zero-order valence-electron chi connectivity index (χ0n) is 11.4. The lowest BCUT2D eigenvalue weighted by Gasteiger charge is -2.12. The van der Waals surface area contributed by atoms with Crippen molar-refractivity contribution in [3.63, 3.8) is 0 Å². The number of aryl methyl sites for hydroxylation is 3. The molecule has 0 bridgehead atoms. The van der Waals surface area contributed by atoms with E-state index in [0.717, 1.165) is 27.8 Å². The molecule has 100 valence electrons. The quantitative estimate of drug-likeness (QED) is 0.860. The van der Waals surface area contributed by atoms with Crippen molar-refractivity contribution in [2.24, 2.45) is 0 Å². The molecular weight excluding hydrogens is 302 g/mol. The van der Waals surface area contributed by atoms with Gasteiger partial charge in [-0.1, -0.05) is 34.1 Å². The first kappa shape index (κ1) is 13.9. The van der Waals surface area contributed by atoms with Crippen LogP contribution in [0.5, 0.6) is 5.75 Å². The lowest BCUT2D eigenvalue weighted by atomic mass is 10.1. The fourth-order valence-electron chi connectivity index (χ4n) is 2.13. The molecule has 19 heavy (non-hydrogen) atoms. The van der Waals surface area contributed by atoms with Crippen LogP contribution >= 0.6 is 15.9 Å². The Morgan fingerprint density at radius 2 is 1.63 bits per heavy atom. The van der Waals surface area contributed by atoms with E-state index < -0.39 is 0 Å². The van der Waals surface area contributed by atoms with Crippen molar-refractivity contribution in [1.82, 2.24) is 0 Å². The van der Waals surface area contributed by atoms with E-state index in [9.17, 15) is 5.11 Å². The van der Waals surface area contributed by atoms with Crippen LogP contribution in [0.4, 0.5) is 5.69 Å². The molecule has 0 aliphatic carbocycles. The Morgan fingerprint density at radius 1 is 1.00 bits per heavy atom. The molecule has 2 nitrogen and oxygen atoms in total.